The van der Waals surface area contributed by atoms with Gasteiger partial charge < -0.3 is 14.8 Å². The molecule has 0 aliphatic heterocycles. The molecule has 4 saturated carbocycles. The summed E-state index contributed by atoms with van der Waals surface area (Å²) >= 11 is 2.79. The average Bonchev–Trinajstić information content (AvgIpc) is 3.41. The van der Waals surface area contributed by atoms with Crippen LogP contribution in [0.25, 0.3) is 10.4 Å². The third-order valence-electron chi connectivity index (χ3n) is 7.12. The monoisotopic (exact) mass is 473 g/mol. The first-order chi connectivity index (χ1) is 15.5. The third-order valence-corrected chi connectivity index (χ3v) is 8.91. The zero-order chi connectivity index (χ0) is 22.3. The first-order valence-corrected chi connectivity index (χ1v) is 13.0. The smallest absolute Gasteiger partial charge is 0.341 e. The Kier molecular flexibility index (Phi) is 5.84. The van der Waals surface area contributed by atoms with Gasteiger partial charge in [0.2, 0.25) is 0 Å². The number of ether oxygens (including phenoxy) is 2. The molecule has 0 atom stereocenters. The van der Waals surface area contributed by atoms with Gasteiger partial charge in [0.25, 0.3) is 5.91 Å². The van der Waals surface area contributed by atoms with Crippen molar-refractivity contribution in [3.8, 4) is 10.4 Å². The summed E-state index contributed by atoms with van der Waals surface area (Å²) in [6.45, 7) is 1.65. The standard InChI is InChI=1S/C24H27NO5S2/c1-2-29-22(27)20-17(18-4-3-5-31-18)13-32-21(20)25-19(26)12-30-23(28)24-9-14-6-15(10-24)8-16(7-14)11-24/h3-5,13-16H,2,6-12H2,1H3,(H,25,26). The number of amides is 1. The van der Waals surface area contributed by atoms with E-state index in [-0.39, 0.29) is 24.6 Å². The molecule has 1 amide bonds. The Hall–Kier alpha value is -2.19. The van der Waals surface area contributed by atoms with Crippen molar-refractivity contribution in [1.82, 2.24) is 0 Å². The maximum Gasteiger partial charge on any atom is 0.341 e. The van der Waals surface area contributed by atoms with E-state index in [1.165, 1.54) is 41.9 Å². The number of nitrogens with one attached hydrogen (secondary N) is 1. The van der Waals surface area contributed by atoms with Crippen LogP contribution < -0.4 is 5.32 Å². The first kappa shape index (κ1) is 21.6. The molecule has 4 bridgehead atoms. The van der Waals surface area contributed by atoms with E-state index in [4.69, 9.17) is 9.47 Å². The van der Waals surface area contributed by atoms with Gasteiger partial charge in [-0.05, 0) is 74.6 Å². The van der Waals surface area contributed by atoms with Crippen LogP contribution in [0.5, 0.6) is 0 Å². The van der Waals surface area contributed by atoms with E-state index in [1.54, 1.807) is 6.92 Å². The Morgan fingerprint density at radius 1 is 1.06 bits per heavy atom. The molecule has 6 nitrogen and oxygen atoms in total. The molecule has 1 N–H and O–H groups in total. The molecule has 170 valence electrons. The van der Waals surface area contributed by atoms with E-state index in [9.17, 15) is 14.4 Å². The summed E-state index contributed by atoms with van der Waals surface area (Å²) in [7, 11) is 0. The van der Waals surface area contributed by atoms with Crippen molar-refractivity contribution in [2.24, 2.45) is 23.2 Å². The minimum atomic E-state index is -0.474. The number of hydrogen-bond donors (Lipinski definition) is 1. The number of thiophene rings is 2. The van der Waals surface area contributed by atoms with Gasteiger partial charge in [-0.15, -0.1) is 22.7 Å². The van der Waals surface area contributed by atoms with Gasteiger partial charge in [-0.1, -0.05) is 6.07 Å². The van der Waals surface area contributed by atoms with Gasteiger partial charge in [0.1, 0.15) is 10.6 Å². The Labute approximate surface area is 195 Å². The molecule has 4 aliphatic rings. The van der Waals surface area contributed by atoms with Crippen molar-refractivity contribution in [3.05, 3.63) is 28.5 Å². The van der Waals surface area contributed by atoms with Gasteiger partial charge in [-0.3, -0.25) is 9.59 Å². The topological polar surface area (TPSA) is 81.7 Å². The van der Waals surface area contributed by atoms with E-state index in [2.05, 4.69) is 5.32 Å². The van der Waals surface area contributed by atoms with Crippen molar-refractivity contribution in [3.63, 3.8) is 0 Å². The molecule has 2 heterocycles. The fraction of sp³-hybridized carbons (Fsp3) is 0.542. The molecule has 4 fully saturated rings. The van der Waals surface area contributed by atoms with E-state index in [0.717, 1.165) is 29.7 Å². The molecular weight excluding hydrogens is 446 g/mol. The van der Waals surface area contributed by atoms with Crippen molar-refractivity contribution in [1.29, 1.82) is 0 Å². The van der Waals surface area contributed by atoms with Crippen LogP contribution in [-0.4, -0.2) is 31.1 Å². The number of hydrogen-bond acceptors (Lipinski definition) is 7. The number of carbonyl (C=O) groups is 3. The highest BCUT2D eigenvalue weighted by Crippen LogP contribution is 2.60. The third kappa shape index (κ3) is 3.99. The lowest BCUT2D eigenvalue weighted by Gasteiger charge is -2.55. The lowest BCUT2D eigenvalue weighted by Crippen LogP contribution is -2.50. The average molecular weight is 474 g/mol. The number of esters is 2. The van der Waals surface area contributed by atoms with Gasteiger partial charge in [-0.2, -0.15) is 0 Å². The fourth-order valence-corrected chi connectivity index (χ4v) is 8.06. The zero-order valence-electron chi connectivity index (χ0n) is 18.1. The fourth-order valence-electron chi connectivity index (χ4n) is 6.28. The van der Waals surface area contributed by atoms with Crippen molar-refractivity contribution >= 4 is 45.5 Å². The summed E-state index contributed by atoms with van der Waals surface area (Å²) < 4.78 is 10.7. The molecule has 6 rings (SSSR count). The summed E-state index contributed by atoms with van der Waals surface area (Å²) in [6, 6.07) is 3.84. The molecule has 8 heteroatoms. The first-order valence-electron chi connectivity index (χ1n) is 11.3. The Balaban J connectivity index is 1.26. The highest BCUT2D eigenvalue weighted by Gasteiger charge is 2.55. The predicted molar refractivity (Wildman–Crippen MR) is 124 cm³/mol. The minimum absolute atomic E-state index is 0.220. The van der Waals surface area contributed by atoms with E-state index in [0.29, 0.717) is 28.3 Å². The van der Waals surface area contributed by atoms with E-state index < -0.39 is 11.9 Å². The molecule has 0 saturated heterocycles. The van der Waals surface area contributed by atoms with Gasteiger partial charge in [-0.25, -0.2) is 4.79 Å². The molecule has 0 aromatic carbocycles. The van der Waals surface area contributed by atoms with Crippen LogP contribution in [0, 0.1) is 23.2 Å². The second-order valence-electron chi connectivity index (χ2n) is 9.37. The lowest BCUT2D eigenvalue weighted by atomic mass is 9.49. The largest absolute Gasteiger partial charge is 0.462 e. The maximum absolute atomic E-state index is 13.0. The normalized spacial score (nSPS) is 27.8. The SMILES string of the molecule is CCOC(=O)c1c(-c2cccs2)csc1NC(=O)COC(=O)C12CC3CC(CC(C3)C1)C2. The summed E-state index contributed by atoms with van der Waals surface area (Å²) in [5, 5.41) is 6.96. The summed E-state index contributed by atoms with van der Waals surface area (Å²) in [5.41, 5.74) is 0.699. The van der Waals surface area contributed by atoms with Crippen LogP contribution in [0.2, 0.25) is 0 Å². The number of anilines is 1. The summed E-state index contributed by atoms with van der Waals surface area (Å²) in [6.07, 6.45) is 6.45. The Bertz CT molecular complexity index is 990. The molecule has 2 aromatic rings. The van der Waals surface area contributed by atoms with E-state index >= 15 is 0 Å². The molecule has 4 aliphatic carbocycles. The summed E-state index contributed by atoms with van der Waals surface area (Å²) in [5.74, 6) is 0.777. The van der Waals surface area contributed by atoms with Crippen LogP contribution in [0.4, 0.5) is 5.00 Å². The van der Waals surface area contributed by atoms with Crippen LogP contribution >= 0.6 is 22.7 Å². The number of carbonyl (C=O) groups excluding carboxylic acids is 3. The highest BCUT2D eigenvalue weighted by molar-refractivity contribution is 7.17. The van der Waals surface area contributed by atoms with Crippen molar-refractivity contribution < 1.29 is 23.9 Å². The quantitative estimate of drug-likeness (QED) is 0.548. The Morgan fingerprint density at radius 3 is 2.34 bits per heavy atom. The molecule has 0 spiro atoms. The maximum atomic E-state index is 13.0. The molecule has 0 radical (unpaired) electrons. The zero-order valence-corrected chi connectivity index (χ0v) is 19.7. The molecule has 2 aromatic heterocycles. The van der Waals surface area contributed by atoms with Gasteiger partial charge in [0.15, 0.2) is 6.61 Å². The van der Waals surface area contributed by atoms with E-state index in [1.807, 2.05) is 22.9 Å². The van der Waals surface area contributed by atoms with Gasteiger partial charge in [0.05, 0.1) is 12.0 Å². The second-order valence-corrected chi connectivity index (χ2v) is 11.2. The predicted octanol–water partition coefficient (Wildman–Crippen LogP) is 5.35. The molecular formula is C24H27NO5S2. The van der Waals surface area contributed by atoms with Crippen LogP contribution in [0.1, 0.15) is 55.8 Å². The lowest BCUT2D eigenvalue weighted by molar-refractivity contribution is -0.172. The molecule has 0 unspecified atom stereocenters. The molecule has 32 heavy (non-hydrogen) atoms. The van der Waals surface area contributed by atoms with Crippen molar-refractivity contribution in [2.75, 3.05) is 18.5 Å². The van der Waals surface area contributed by atoms with Gasteiger partial charge >= 0.3 is 11.9 Å². The minimum Gasteiger partial charge on any atom is -0.462 e. The number of rotatable bonds is 7. The summed E-state index contributed by atoms with van der Waals surface area (Å²) in [4.78, 5) is 39.2. The second kappa shape index (κ2) is 8.63. The van der Waals surface area contributed by atoms with Crippen LogP contribution in [-0.2, 0) is 19.1 Å². The highest BCUT2D eigenvalue weighted by atomic mass is 32.1. The van der Waals surface area contributed by atoms with Gasteiger partial charge in [0, 0.05) is 15.8 Å². The van der Waals surface area contributed by atoms with Crippen LogP contribution in [0.15, 0.2) is 22.9 Å². The van der Waals surface area contributed by atoms with Crippen molar-refractivity contribution in [2.45, 2.75) is 45.4 Å². The van der Waals surface area contributed by atoms with Crippen LogP contribution in [0.3, 0.4) is 0 Å². The Morgan fingerprint density at radius 2 is 1.75 bits per heavy atom.